The van der Waals surface area contributed by atoms with Gasteiger partial charge in [-0.1, -0.05) is 42.5 Å². The smallest absolute Gasteiger partial charge is 0.0489 e. The highest BCUT2D eigenvalue weighted by Crippen LogP contribution is 2.30. The van der Waals surface area contributed by atoms with Gasteiger partial charge in [0.15, 0.2) is 0 Å². The Morgan fingerprint density at radius 3 is 2.53 bits per heavy atom. The van der Waals surface area contributed by atoms with E-state index in [0.29, 0.717) is 6.54 Å². The van der Waals surface area contributed by atoms with E-state index in [0.717, 1.165) is 0 Å². The van der Waals surface area contributed by atoms with Gasteiger partial charge in [0, 0.05) is 30.5 Å². The first-order valence-corrected chi connectivity index (χ1v) is 6.55. The molecule has 3 rings (SSSR count). The Labute approximate surface area is 113 Å². The minimum absolute atomic E-state index is 0.588. The van der Waals surface area contributed by atoms with Crippen molar-refractivity contribution in [3.05, 3.63) is 59.8 Å². The van der Waals surface area contributed by atoms with E-state index in [2.05, 4.69) is 67.1 Å². The average molecular weight is 250 g/mol. The Morgan fingerprint density at radius 1 is 1.05 bits per heavy atom. The van der Waals surface area contributed by atoms with Crippen molar-refractivity contribution < 1.29 is 0 Å². The van der Waals surface area contributed by atoms with Gasteiger partial charge >= 0.3 is 0 Å². The summed E-state index contributed by atoms with van der Waals surface area (Å²) in [4.78, 5) is 0. The molecule has 3 aromatic rings. The van der Waals surface area contributed by atoms with Crippen molar-refractivity contribution in [2.75, 3.05) is 0 Å². The van der Waals surface area contributed by atoms with E-state index in [1.54, 1.807) is 0 Å². The first kappa shape index (κ1) is 12.0. The molecule has 0 radical (unpaired) electrons. The summed E-state index contributed by atoms with van der Waals surface area (Å²) >= 11 is 0. The molecule has 1 aromatic heterocycles. The molecule has 0 aliphatic rings. The fourth-order valence-corrected chi connectivity index (χ4v) is 2.68. The molecule has 1 heterocycles. The Kier molecular flexibility index (Phi) is 2.88. The molecule has 0 saturated heterocycles. The van der Waals surface area contributed by atoms with Gasteiger partial charge in [-0.15, -0.1) is 0 Å². The second kappa shape index (κ2) is 4.56. The predicted molar refractivity (Wildman–Crippen MR) is 81.0 cm³/mol. The van der Waals surface area contributed by atoms with Crippen molar-refractivity contribution >= 4 is 10.8 Å². The zero-order chi connectivity index (χ0) is 13.4. The Morgan fingerprint density at radius 2 is 1.79 bits per heavy atom. The molecule has 0 spiro atoms. The lowest BCUT2D eigenvalue weighted by Gasteiger charge is -2.09. The monoisotopic (exact) mass is 250 g/mol. The predicted octanol–water partition coefficient (Wildman–Crippen LogP) is 3.61. The van der Waals surface area contributed by atoms with Crippen LogP contribution in [0.2, 0.25) is 0 Å². The summed E-state index contributed by atoms with van der Waals surface area (Å²) in [5, 5.41) is 2.56. The first-order chi connectivity index (χ1) is 9.22. The van der Waals surface area contributed by atoms with Crippen molar-refractivity contribution in [1.29, 1.82) is 0 Å². The lowest BCUT2D eigenvalue weighted by atomic mass is 10.0. The molecule has 96 valence electrons. The van der Waals surface area contributed by atoms with Crippen molar-refractivity contribution in [2.24, 2.45) is 12.8 Å². The van der Waals surface area contributed by atoms with Gasteiger partial charge in [0.25, 0.3) is 0 Å². The third-order valence-electron chi connectivity index (χ3n) is 3.93. The molecule has 0 fully saturated rings. The van der Waals surface area contributed by atoms with Crippen LogP contribution in [0.15, 0.2) is 48.5 Å². The fourth-order valence-electron chi connectivity index (χ4n) is 2.68. The van der Waals surface area contributed by atoms with Crippen LogP contribution in [0.5, 0.6) is 0 Å². The Bertz CT molecular complexity index is 733. The van der Waals surface area contributed by atoms with E-state index in [1.165, 1.54) is 33.3 Å². The highest BCUT2D eigenvalue weighted by atomic mass is 15.0. The van der Waals surface area contributed by atoms with E-state index < -0.39 is 0 Å². The van der Waals surface area contributed by atoms with Gasteiger partial charge in [-0.2, -0.15) is 0 Å². The molecule has 0 amide bonds. The molecule has 0 unspecified atom stereocenters. The fraction of sp³-hybridized carbons (Fsp3) is 0.176. The van der Waals surface area contributed by atoms with Crippen LogP contribution in [-0.2, 0) is 13.6 Å². The highest BCUT2D eigenvalue weighted by molar-refractivity contribution is 5.96. The van der Waals surface area contributed by atoms with Crippen LogP contribution in [0.1, 0.15) is 11.3 Å². The lowest BCUT2D eigenvalue weighted by Crippen LogP contribution is -1.99. The van der Waals surface area contributed by atoms with E-state index >= 15 is 0 Å². The summed E-state index contributed by atoms with van der Waals surface area (Å²) in [5.74, 6) is 0. The molecule has 2 aromatic carbocycles. The average Bonchev–Trinajstić information content (AvgIpc) is 2.74. The van der Waals surface area contributed by atoms with Crippen molar-refractivity contribution in [3.63, 3.8) is 0 Å². The minimum Gasteiger partial charge on any atom is -0.348 e. The lowest BCUT2D eigenvalue weighted by molar-refractivity contribution is 0.874. The van der Waals surface area contributed by atoms with Crippen LogP contribution < -0.4 is 5.73 Å². The maximum absolute atomic E-state index is 5.81. The van der Waals surface area contributed by atoms with Gasteiger partial charge in [-0.25, -0.2) is 0 Å². The molecule has 0 atom stereocenters. The number of fused-ring (bicyclic) bond motifs is 1. The maximum Gasteiger partial charge on any atom is 0.0489 e. The number of aromatic nitrogens is 1. The normalized spacial score (nSPS) is 11.1. The summed E-state index contributed by atoms with van der Waals surface area (Å²) < 4.78 is 2.23. The second-order valence-electron chi connectivity index (χ2n) is 4.93. The number of hydrogen-bond acceptors (Lipinski definition) is 1. The maximum atomic E-state index is 5.81. The summed E-state index contributed by atoms with van der Waals surface area (Å²) in [6.07, 6.45) is 0. The Hall–Kier alpha value is -2.06. The van der Waals surface area contributed by atoms with E-state index in [-0.39, 0.29) is 0 Å². The van der Waals surface area contributed by atoms with Gasteiger partial charge in [-0.3, -0.25) is 0 Å². The van der Waals surface area contributed by atoms with Crippen molar-refractivity contribution in [1.82, 2.24) is 4.57 Å². The quantitative estimate of drug-likeness (QED) is 0.740. The Balaban J connectivity index is 2.30. The molecular weight excluding hydrogens is 232 g/mol. The van der Waals surface area contributed by atoms with Crippen LogP contribution in [-0.4, -0.2) is 4.57 Å². The summed E-state index contributed by atoms with van der Waals surface area (Å²) in [5.41, 5.74) is 10.8. The van der Waals surface area contributed by atoms with Crippen molar-refractivity contribution in [3.8, 4) is 11.3 Å². The summed E-state index contributed by atoms with van der Waals surface area (Å²) in [7, 11) is 2.10. The van der Waals surface area contributed by atoms with Gasteiger partial charge in [0.05, 0.1) is 0 Å². The standard InChI is InChI=1S/C17H18N2/c1-12-14(11-18)10-17(19(12)2)16-9-5-7-13-6-3-4-8-15(13)16/h3-10H,11,18H2,1-2H3. The summed E-state index contributed by atoms with van der Waals surface area (Å²) in [6.45, 7) is 2.71. The van der Waals surface area contributed by atoms with E-state index in [9.17, 15) is 0 Å². The van der Waals surface area contributed by atoms with Gasteiger partial charge in [-0.05, 0) is 29.3 Å². The molecule has 0 aliphatic carbocycles. The first-order valence-electron chi connectivity index (χ1n) is 6.55. The van der Waals surface area contributed by atoms with E-state index in [4.69, 9.17) is 5.73 Å². The highest BCUT2D eigenvalue weighted by Gasteiger charge is 2.11. The number of hydrogen-bond donors (Lipinski definition) is 1. The molecular formula is C17H18N2. The zero-order valence-corrected chi connectivity index (χ0v) is 11.4. The molecule has 19 heavy (non-hydrogen) atoms. The summed E-state index contributed by atoms with van der Waals surface area (Å²) in [6, 6.07) is 17.1. The van der Waals surface area contributed by atoms with Crippen molar-refractivity contribution in [2.45, 2.75) is 13.5 Å². The third-order valence-corrected chi connectivity index (χ3v) is 3.93. The zero-order valence-electron chi connectivity index (χ0n) is 11.4. The van der Waals surface area contributed by atoms with Crippen LogP contribution in [0.3, 0.4) is 0 Å². The number of benzene rings is 2. The van der Waals surface area contributed by atoms with Gasteiger partial charge in [0.1, 0.15) is 0 Å². The second-order valence-corrected chi connectivity index (χ2v) is 4.93. The van der Waals surface area contributed by atoms with Crippen LogP contribution in [0.4, 0.5) is 0 Å². The number of nitrogens with zero attached hydrogens (tertiary/aromatic N) is 1. The molecule has 2 heteroatoms. The minimum atomic E-state index is 0.588. The number of nitrogens with two attached hydrogens (primary N) is 1. The van der Waals surface area contributed by atoms with Crippen LogP contribution >= 0.6 is 0 Å². The van der Waals surface area contributed by atoms with Crippen LogP contribution in [0.25, 0.3) is 22.0 Å². The topological polar surface area (TPSA) is 30.9 Å². The largest absolute Gasteiger partial charge is 0.348 e. The molecule has 2 N–H and O–H groups in total. The molecule has 0 aliphatic heterocycles. The molecule has 0 bridgehead atoms. The number of rotatable bonds is 2. The van der Waals surface area contributed by atoms with Gasteiger partial charge < -0.3 is 10.3 Å². The van der Waals surface area contributed by atoms with Gasteiger partial charge in [0.2, 0.25) is 0 Å². The molecule has 2 nitrogen and oxygen atoms in total. The molecule has 0 saturated carbocycles. The van der Waals surface area contributed by atoms with E-state index in [1.807, 2.05) is 0 Å². The third kappa shape index (κ3) is 1.85. The SMILES string of the molecule is Cc1c(CN)cc(-c2cccc3ccccc23)n1C. The van der Waals surface area contributed by atoms with Crippen LogP contribution in [0, 0.1) is 6.92 Å².